The highest BCUT2D eigenvalue weighted by Gasteiger charge is 2.24. The standard InChI is InChI=1S/C18H25ClN2O4/c1-12-10-15(24-3)14(13(2)17(12)19)11-16(22)20-6-5-7-21(9-8-20)18(23)25-4/h10H,5-9,11H2,1-4H3. The zero-order valence-corrected chi connectivity index (χ0v) is 16.0. The monoisotopic (exact) mass is 368 g/mol. The molecule has 1 saturated heterocycles. The van der Waals surface area contributed by atoms with Gasteiger partial charge in [0.05, 0.1) is 20.6 Å². The Morgan fingerprint density at radius 2 is 1.76 bits per heavy atom. The number of hydrogen-bond donors (Lipinski definition) is 0. The van der Waals surface area contributed by atoms with Crippen molar-refractivity contribution in [3.63, 3.8) is 0 Å². The van der Waals surface area contributed by atoms with Crippen molar-refractivity contribution in [1.82, 2.24) is 9.80 Å². The molecule has 1 heterocycles. The summed E-state index contributed by atoms with van der Waals surface area (Å²) in [5.41, 5.74) is 2.62. The number of amides is 2. The van der Waals surface area contributed by atoms with E-state index in [9.17, 15) is 9.59 Å². The zero-order valence-electron chi connectivity index (χ0n) is 15.2. The lowest BCUT2D eigenvalue weighted by Gasteiger charge is -2.23. The molecular weight excluding hydrogens is 344 g/mol. The van der Waals surface area contributed by atoms with Crippen LogP contribution in [0.1, 0.15) is 23.1 Å². The quantitative estimate of drug-likeness (QED) is 0.823. The van der Waals surface area contributed by atoms with Crippen LogP contribution in [0, 0.1) is 13.8 Å². The average molecular weight is 369 g/mol. The van der Waals surface area contributed by atoms with Gasteiger partial charge in [-0.1, -0.05) is 11.6 Å². The van der Waals surface area contributed by atoms with Crippen LogP contribution >= 0.6 is 11.6 Å². The van der Waals surface area contributed by atoms with E-state index in [1.54, 1.807) is 16.9 Å². The fourth-order valence-electron chi connectivity index (χ4n) is 3.10. The molecule has 2 amide bonds. The third-order valence-corrected chi connectivity index (χ3v) is 5.18. The van der Waals surface area contributed by atoms with E-state index in [-0.39, 0.29) is 18.4 Å². The number of aryl methyl sites for hydroxylation is 1. The molecule has 1 aliphatic rings. The Bertz CT molecular complexity index is 663. The number of halogens is 1. The Morgan fingerprint density at radius 3 is 2.40 bits per heavy atom. The van der Waals surface area contributed by atoms with E-state index in [1.807, 2.05) is 19.9 Å². The Labute approximate surface area is 153 Å². The summed E-state index contributed by atoms with van der Waals surface area (Å²) in [5.74, 6) is 0.687. The van der Waals surface area contributed by atoms with Crippen LogP contribution in [-0.4, -0.2) is 62.2 Å². The van der Waals surface area contributed by atoms with Gasteiger partial charge in [0.15, 0.2) is 0 Å². The first-order chi connectivity index (χ1) is 11.9. The molecule has 7 heteroatoms. The van der Waals surface area contributed by atoms with Gasteiger partial charge in [0, 0.05) is 36.8 Å². The molecule has 0 bridgehead atoms. The molecule has 0 aromatic heterocycles. The summed E-state index contributed by atoms with van der Waals surface area (Å²) in [5, 5.41) is 0.663. The summed E-state index contributed by atoms with van der Waals surface area (Å²) < 4.78 is 10.2. The molecule has 0 aliphatic carbocycles. The van der Waals surface area contributed by atoms with Crippen molar-refractivity contribution in [1.29, 1.82) is 0 Å². The molecular formula is C18H25ClN2O4. The highest BCUT2D eigenvalue weighted by molar-refractivity contribution is 6.32. The van der Waals surface area contributed by atoms with Crippen LogP contribution in [-0.2, 0) is 16.0 Å². The minimum Gasteiger partial charge on any atom is -0.496 e. The molecule has 1 aromatic carbocycles. The molecule has 0 spiro atoms. The van der Waals surface area contributed by atoms with E-state index in [2.05, 4.69) is 0 Å². The highest BCUT2D eigenvalue weighted by Crippen LogP contribution is 2.32. The summed E-state index contributed by atoms with van der Waals surface area (Å²) in [6.07, 6.45) is 0.607. The molecule has 0 saturated carbocycles. The first-order valence-corrected chi connectivity index (χ1v) is 8.70. The zero-order chi connectivity index (χ0) is 18.6. The van der Waals surface area contributed by atoms with Gasteiger partial charge < -0.3 is 19.3 Å². The maximum absolute atomic E-state index is 12.8. The number of ether oxygens (including phenoxy) is 2. The van der Waals surface area contributed by atoms with Gasteiger partial charge in [0.1, 0.15) is 5.75 Å². The lowest BCUT2D eigenvalue weighted by molar-refractivity contribution is -0.130. The normalized spacial score (nSPS) is 14.9. The second-order valence-corrected chi connectivity index (χ2v) is 6.56. The number of hydrogen-bond acceptors (Lipinski definition) is 4. The predicted octanol–water partition coefficient (Wildman–Crippen LogP) is 2.81. The summed E-state index contributed by atoms with van der Waals surface area (Å²) in [7, 11) is 2.96. The van der Waals surface area contributed by atoms with E-state index in [0.717, 1.165) is 23.1 Å². The molecule has 2 rings (SSSR count). The SMILES string of the molecule is COC(=O)N1CCCN(C(=O)Cc2c(OC)cc(C)c(Cl)c2C)CC1. The van der Waals surface area contributed by atoms with Crippen LogP contribution in [0.3, 0.4) is 0 Å². The Hall–Kier alpha value is -1.95. The summed E-state index contributed by atoms with van der Waals surface area (Å²) in [6.45, 7) is 6.00. The Kier molecular flexibility index (Phi) is 6.53. The maximum Gasteiger partial charge on any atom is 0.409 e. The Balaban J connectivity index is 2.12. The van der Waals surface area contributed by atoms with Gasteiger partial charge in [-0.2, -0.15) is 0 Å². The maximum atomic E-state index is 12.8. The van der Waals surface area contributed by atoms with Crippen molar-refractivity contribution < 1.29 is 19.1 Å². The fourth-order valence-corrected chi connectivity index (χ4v) is 3.27. The van der Waals surface area contributed by atoms with Crippen LogP contribution < -0.4 is 4.74 Å². The number of carbonyl (C=O) groups is 2. The van der Waals surface area contributed by atoms with Crippen molar-refractivity contribution in [2.24, 2.45) is 0 Å². The molecule has 6 nitrogen and oxygen atoms in total. The van der Waals surface area contributed by atoms with E-state index >= 15 is 0 Å². The van der Waals surface area contributed by atoms with Gasteiger partial charge in [-0.15, -0.1) is 0 Å². The van der Waals surface area contributed by atoms with Crippen molar-refractivity contribution in [3.05, 3.63) is 27.8 Å². The lowest BCUT2D eigenvalue weighted by Crippen LogP contribution is -2.38. The van der Waals surface area contributed by atoms with E-state index < -0.39 is 0 Å². The van der Waals surface area contributed by atoms with Gasteiger partial charge in [-0.05, 0) is 37.5 Å². The fraction of sp³-hybridized carbons (Fsp3) is 0.556. The van der Waals surface area contributed by atoms with Crippen LogP contribution in [0.25, 0.3) is 0 Å². The Morgan fingerprint density at radius 1 is 1.12 bits per heavy atom. The smallest absolute Gasteiger partial charge is 0.409 e. The minimum atomic E-state index is -0.350. The number of nitrogens with zero attached hydrogens (tertiary/aromatic N) is 2. The predicted molar refractivity (Wildman–Crippen MR) is 96.4 cm³/mol. The van der Waals surface area contributed by atoms with Crippen molar-refractivity contribution in [2.45, 2.75) is 26.7 Å². The largest absolute Gasteiger partial charge is 0.496 e. The average Bonchev–Trinajstić information content (AvgIpc) is 2.87. The second-order valence-electron chi connectivity index (χ2n) is 6.18. The van der Waals surface area contributed by atoms with E-state index in [1.165, 1.54) is 7.11 Å². The lowest BCUT2D eigenvalue weighted by atomic mass is 10.0. The molecule has 0 unspecified atom stereocenters. The second kappa shape index (κ2) is 8.43. The first-order valence-electron chi connectivity index (χ1n) is 8.32. The summed E-state index contributed by atoms with van der Waals surface area (Å²) in [6, 6.07) is 1.86. The molecule has 25 heavy (non-hydrogen) atoms. The molecule has 0 radical (unpaired) electrons. The topological polar surface area (TPSA) is 59.1 Å². The number of carbonyl (C=O) groups excluding carboxylic acids is 2. The number of methoxy groups -OCH3 is 2. The van der Waals surface area contributed by atoms with Crippen molar-refractivity contribution >= 4 is 23.6 Å². The molecule has 138 valence electrons. The van der Waals surface area contributed by atoms with Crippen molar-refractivity contribution in [3.8, 4) is 5.75 Å². The number of rotatable bonds is 3. The number of benzene rings is 1. The first kappa shape index (κ1) is 19.4. The van der Waals surface area contributed by atoms with Crippen molar-refractivity contribution in [2.75, 3.05) is 40.4 Å². The molecule has 0 atom stereocenters. The van der Waals surface area contributed by atoms with Crippen LogP contribution in [0.5, 0.6) is 5.75 Å². The van der Waals surface area contributed by atoms with Gasteiger partial charge in [-0.3, -0.25) is 4.79 Å². The van der Waals surface area contributed by atoms with Crippen LogP contribution in [0.15, 0.2) is 6.07 Å². The summed E-state index contributed by atoms with van der Waals surface area (Å²) >= 11 is 6.34. The molecule has 1 aliphatic heterocycles. The van der Waals surface area contributed by atoms with Crippen LogP contribution in [0.4, 0.5) is 4.79 Å². The molecule has 1 aromatic rings. The summed E-state index contributed by atoms with van der Waals surface area (Å²) in [4.78, 5) is 27.8. The van der Waals surface area contributed by atoms with Gasteiger partial charge in [-0.25, -0.2) is 4.79 Å². The third kappa shape index (κ3) is 4.37. The molecule has 0 N–H and O–H groups in total. The molecule has 1 fully saturated rings. The third-order valence-electron chi connectivity index (χ3n) is 4.60. The van der Waals surface area contributed by atoms with Gasteiger partial charge >= 0.3 is 6.09 Å². The van der Waals surface area contributed by atoms with E-state index in [0.29, 0.717) is 37.0 Å². The van der Waals surface area contributed by atoms with Gasteiger partial charge in [0.25, 0.3) is 0 Å². The van der Waals surface area contributed by atoms with Crippen LogP contribution in [0.2, 0.25) is 5.02 Å². The van der Waals surface area contributed by atoms with E-state index in [4.69, 9.17) is 21.1 Å². The highest BCUT2D eigenvalue weighted by atomic mass is 35.5. The van der Waals surface area contributed by atoms with Gasteiger partial charge in [0.2, 0.25) is 5.91 Å². The minimum absolute atomic E-state index is 0.00744.